The number of phenols is 1. The molecule has 1 unspecified atom stereocenters. The van der Waals surface area contributed by atoms with Gasteiger partial charge in [0, 0.05) is 28.1 Å². The van der Waals surface area contributed by atoms with E-state index in [0.717, 1.165) is 5.56 Å². The molecule has 0 saturated carbocycles. The highest BCUT2D eigenvalue weighted by Crippen LogP contribution is 2.44. The molecule has 3 rings (SSSR count). The van der Waals surface area contributed by atoms with Crippen molar-refractivity contribution in [1.82, 2.24) is 0 Å². The normalized spacial score (nSPS) is 16.9. The predicted molar refractivity (Wildman–Crippen MR) is 81.6 cm³/mol. The van der Waals surface area contributed by atoms with Crippen molar-refractivity contribution >= 4 is 23.4 Å². The van der Waals surface area contributed by atoms with Crippen LogP contribution in [0.3, 0.4) is 0 Å². The van der Waals surface area contributed by atoms with Crippen LogP contribution in [0.15, 0.2) is 48.0 Å². The number of hydrogen-bond donors (Lipinski definition) is 2. The molecule has 4 nitrogen and oxygen atoms in total. The lowest BCUT2D eigenvalue weighted by Gasteiger charge is -2.29. The Kier molecular flexibility index (Phi) is 3.26. The van der Waals surface area contributed by atoms with Crippen molar-refractivity contribution in [1.29, 1.82) is 5.41 Å². The summed E-state index contributed by atoms with van der Waals surface area (Å²) in [6, 6.07) is 11.8. The second-order valence-electron chi connectivity index (χ2n) is 4.63. The zero-order valence-corrected chi connectivity index (χ0v) is 11.6. The molecule has 0 radical (unpaired) electrons. The summed E-state index contributed by atoms with van der Waals surface area (Å²) in [7, 11) is 0. The van der Waals surface area contributed by atoms with Gasteiger partial charge >= 0.3 is 0 Å². The highest BCUT2D eigenvalue weighted by molar-refractivity contribution is 6.31. The first-order valence-electron chi connectivity index (χ1n) is 6.23. The van der Waals surface area contributed by atoms with E-state index >= 15 is 0 Å². The van der Waals surface area contributed by atoms with Gasteiger partial charge in [-0.15, -0.1) is 0 Å². The zero-order valence-electron chi connectivity index (χ0n) is 10.8. The minimum atomic E-state index is -0.472. The predicted octanol–water partition coefficient (Wildman–Crippen LogP) is 3.71. The Morgan fingerprint density at radius 3 is 2.67 bits per heavy atom. The average Bonchev–Trinajstić information content (AvgIpc) is 2.46. The third-order valence-electron chi connectivity index (χ3n) is 3.39. The van der Waals surface area contributed by atoms with E-state index in [9.17, 15) is 10.5 Å². The number of fused-ring (bicyclic) bond motifs is 1. The van der Waals surface area contributed by atoms with Crippen LogP contribution >= 0.6 is 11.6 Å². The van der Waals surface area contributed by atoms with Gasteiger partial charge in [0.2, 0.25) is 5.90 Å². The van der Waals surface area contributed by atoms with Gasteiger partial charge in [0.25, 0.3) is 0 Å². The van der Waals surface area contributed by atoms with E-state index in [-0.39, 0.29) is 17.2 Å². The van der Waals surface area contributed by atoms with Crippen LogP contribution in [0, 0.1) is 5.41 Å². The molecular weight excluding hydrogens is 288 g/mol. The lowest BCUT2D eigenvalue weighted by Crippen LogP contribution is -2.24. The zero-order chi connectivity index (χ0) is 15.0. The van der Waals surface area contributed by atoms with Crippen molar-refractivity contribution in [2.45, 2.75) is 5.92 Å². The van der Waals surface area contributed by atoms with Crippen molar-refractivity contribution in [2.24, 2.45) is 0 Å². The number of nitrogens with zero attached hydrogens (tertiary/aromatic N) is 1. The smallest absolute Gasteiger partial charge is 0.222 e. The molecule has 0 aliphatic carbocycles. The van der Waals surface area contributed by atoms with Crippen LogP contribution < -0.4 is 4.74 Å². The summed E-state index contributed by atoms with van der Waals surface area (Å²) >= 11 is 6.24. The van der Waals surface area contributed by atoms with E-state index in [0.29, 0.717) is 16.3 Å². The molecule has 0 spiro atoms. The van der Waals surface area contributed by atoms with Gasteiger partial charge in [-0.1, -0.05) is 35.9 Å². The van der Waals surface area contributed by atoms with Gasteiger partial charge in [0.05, 0.1) is 0 Å². The maximum Gasteiger partial charge on any atom is 0.222 e. The molecule has 2 aromatic carbocycles. The first-order valence-corrected chi connectivity index (χ1v) is 6.60. The van der Waals surface area contributed by atoms with Crippen LogP contribution in [0.2, 0.25) is 5.02 Å². The highest BCUT2D eigenvalue weighted by atomic mass is 35.5. The summed E-state index contributed by atoms with van der Waals surface area (Å²) in [5.74, 6) is 1.74. The van der Waals surface area contributed by atoms with Crippen LogP contribution in [0.4, 0.5) is 0 Å². The fraction of sp³-hybridized carbons (Fsp3) is 0.0625. The van der Waals surface area contributed by atoms with Crippen molar-refractivity contribution in [3.63, 3.8) is 0 Å². The summed E-state index contributed by atoms with van der Waals surface area (Å²) in [5, 5.41) is 27.3. The standard InChI is InChI=1S/C16H10ClN2O2/c17-13-4-2-1-3-10(13)15-11-6-5-9(20)7-14(11)21-16(19)12(15)8-18/h1-7,15,19-20H/q-1. The quantitative estimate of drug-likeness (QED) is 0.787. The second kappa shape index (κ2) is 5.09. The fourth-order valence-electron chi connectivity index (χ4n) is 2.45. The van der Waals surface area contributed by atoms with E-state index < -0.39 is 5.92 Å². The first-order chi connectivity index (χ1) is 10.1. The first kappa shape index (κ1) is 13.4. The van der Waals surface area contributed by atoms with Crippen molar-refractivity contribution in [2.75, 3.05) is 0 Å². The van der Waals surface area contributed by atoms with Gasteiger partial charge in [-0.3, -0.25) is 11.3 Å². The van der Waals surface area contributed by atoms with Gasteiger partial charge in [-0.25, -0.2) is 0 Å². The molecule has 1 aliphatic heterocycles. The number of rotatable bonds is 1. The Balaban J connectivity index is 2.28. The van der Waals surface area contributed by atoms with Gasteiger partial charge in [0.15, 0.2) is 0 Å². The molecular formula is C16H10ClN2O2-. The number of nitrogens with one attached hydrogen (secondary N) is 1. The Labute approximate surface area is 126 Å². The maximum absolute atomic E-state index is 9.56. The van der Waals surface area contributed by atoms with E-state index in [1.165, 1.54) is 12.1 Å². The molecule has 1 heterocycles. The molecule has 104 valence electrons. The summed E-state index contributed by atoms with van der Waals surface area (Å²) in [4.78, 5) is 0. The lowest BCUT2D eigenvalue weighted by molar-refractivity contribution is 0.463. The Hall–Kier alpha value is -2.55. The topological polar surface area (TPSA) is 75.6 Å². The van der Waals surface area contributed by atoms with Crippen molar-refractivity contribution in [3.05, 3.63) is 69.6 Å². The molecule has 21 heavy (non-hydrogen) atoms. The Morgan fingerprint density at radius 2 is 1.95 bits per heavy atom. The monoisotopic (exact) mass is 297 g/mol. The highest BCUT2D eigenvalue weighted by Gasteiger charge is 2.32. The number of halogens is 1. The Morgan fingerprint density at radius 1 is 1.19 bits per heavy atom. The summed E-state index contributed by atoms with van der Waals surface area (Å²) in [5.41, 5.74) is 1.63. The molecule has 0 amide bonds. The lowest BCUT2D eigenvalue weighted by atomic mass is 9.83. The van der Waals surface area contributed by atoms with Crippen LogP contribution in [0.5, 0.6) is 11.5 Å². The summed E-state index contributed by atoms with van der Waals surface area (Å²) in [6.07, 6.45) is 0. The fourth-order valence-corrected chi connectivity index (χ4v) is 2.69. The van der Waals surface area contributed by atoms with Crippen LogP contribution in [-0.2, 0) is 0 Å². The van der Waals surface area contributed by atoms with Gasteiger partial charge in [0.1, 0.15) is 11.5 Å². The molecule has 1 atom stereocenters. The molecule has 2 aromatic rings. The third-order valence-corrected chi connectivity index (χ3v) is 3.73. The molecule has 5 heteroatoms. The van der Waals surface area contributed by atoms with E-state index in [1.807, 2.05) is 18.0 Å². The number of benzene rings is 2. The average molecular weight is 298 g/mol. The SMILES string of the molecule is [N-]=C=C1C(=N)Oc2cc(O)ccc2C1c1ccccc1Cl. The van der Waals surface area contributed by atoms with Crippen LogP contribution in [-0.4, -0.2) is 16.9 Å². The van der Waals surface area contributed by atoms with Crippen molar-refractivity contribution < 1.29 is 9.84 Å². The third kappa shape index (κ3) is 2.21. The second-order valence-corrected chi connectivity index (χ2v) is 5.04. The largest absolute Gasteiger partial charge is 0.763 e. The van der Waals surface area contributed by atoms with Crippen LogP contribution in [0.1, 0.15) is 17.0 Å². The summed E-state index contributed by atoms with van der Waals surface area (Å²) < 4.78 is 5.33. The van der Waals surface area contributed by atoms with Crippen LogP contribution in [0.25, 0.3) is 5.41 Å². The molecule has 0 fully saturated rings. The van der Waals surface area contributed by atoms with E-state index in [1.54, 1.807) is 18.2 Å². The van der Waals surface area contributed by atoms with E-state index in [4.69, 9.17) is 21.7 Å². The summed E-state index contributed by atoms with van der Waals surface area (Å²) in [6.45, 7) is 0. The number of aromatic hydroxyl groups is 1. The van der Waals surface area contributed by atoms with Gasteiger partial charge in [-0.2, -0.15) is 0 Å². The molecule has 2 N–H and O–H groups in total. The number of ether oxygens (including phenoxy) is 1. The molecule has 0 bridgehead atoms. The number of phenolic OH excluding ortho intramolecular Hbond substituents is 1. The van der Waals surface area contributed by atoms with Crippen molar-refractivity contribution in [3.8, 4) is 11.5 Å². The maximum atomic E-state index is 9.56. The molecule has 0 saturated heterocycles. The van der Waals surface area contributed by atoms with E-state index in [2.05, 4.69) is 0 Å². The minimum absolute atomic E-state index is 0.0415. The van der Waals surface area contributed by atoms with Gasteiger partial charge < -0.3 is 15.3 Å². The Bertz CT molecular complexity index is 795. The molecule has 0 aromatic heterocycles. The minimum Gasteiger partial charge on any atom is -0.763 e. The molecule has 1 aliphatic rings. The van der Waals surface area contributed by atoms with Gasteiger partial charge in [-0.05, 0) is 17.7 Å². The number of hydrogen-bond acceptors (Lipinski definition) is 3.